The molecule has 0 radical (unpaired) electrons. The molecule has 0 bridgehead atoms. The fourth-order valence-electron chi connectivity index (χ4n) is 8.46. The fraction of sp³-hybridized carbons (Fsp3) is 0.708. The maximum absolute atomic E-state index is 13.2. The molecule has 0 aliphatic carbocycles. The molecular formula is C48H90N2O10Si6. The molecule has 2 aromatic carbocycles. The number of rotatable bonds is 23. The van der Waals surface area contributed by atoms with E-state index in [-0.39, 0.29) is 17.1 Å². The van der Waals surface area contributed by atoms with Crippen molar-refractivity contribution in [2.24, 2.45) is 0 Å². The van der Waals surface area contributed by atoms with E-state index in [0.717, 1.165) is 50.1 Å². The van der Waals surface area contributed by atoms with E-state index in [9.17, 15) is 9.59 Å². The number of benzene rings is 2. The summed E-state index contributed by atoms with van der Waals surface area (Å²) in [5.41, 5.74) is 0.489. The zero-order valence-electron chi connectivity index (χ0n) is 44.7. The zero-order chi connectivity index (χ0) is 50.0. The molecule has 2 aromatic rings. The summed E-state index contributed by atoms with van der Waals surface area (Å²) in [4.78, 5) is 30.7. The molecule has 4 rings (SSSR count). The zero-order valence-corrected chi connectivity index (χ0v) is 50.7. The quantitative estimate of drug-likeness (QED) is 0.0600. The lowest BCUT2D eigenvalue weighted by Gasteiger charge is -2.41. The van der Waals surface area contributed by atoms with E-state index in [0.29, 0.717) is 50.8 Å². The van der Waals surface area contributed by atoms with E-state index < -0.39 is 61.5 Å². The van der Waals surface area contributed by atoms with Crippen molar-refractivity contribution in [1.82, 2.24) is 9.80 Å². The van der Waals surface area contributed by atoms with E-state index in [1.54, 1.807) is 0 Å². The maximum atomic E-state index is 13.2. The second kappa shape index (κ2) is 24.0. The number of carbonyl (C=O) groups excluding carboxylic acids is 2. The molecule has 0 amide bonds. The van der Waals surface area contributed by atoms with Crippen LogP contribution in [0, 0.1) is 0 Å². The van der Waals surface area contributed by atoms with Crippen molar-refractivity contribution in [2.75, 3.05) is 65.8 Å². The van der Waals surface area contributed by atoms with Gasteiger partial charge in [0.15, 0.2) is 44.8 Å². The van der Waals surface area contributed by atoms with Crippen molar-refractivity contribution < 1.29 is 45.0 Å². The van der Waals surface area contributed by atoms with Gasteiger partial charge in [-0.25, -0.2) is 0 Å². The van der Waals surface area contributed by atoms with Gasteiger partial charge in [-0.2, -0.15) is 0 Å². The highest BCUT2D eigenvalue weighted by Gasteiger charge is 2.46. The first-order chi connectivity index (χ1) is 30.1. The molecule has 0 spiro atoms. The van der Waals surface area contributed by atoms with Crippen molar-refractivity contribution in [3.05, 3.63) is 59.7 Å². The molecular weight excluding hydrogens is 933 g/mol. The number of hydrogen-bond acceptors (Lipinski definition) is 12. The minimum atomic E-state index is -2.42. The topological polar surface area (TPSA) is 114 Å². The van der Waals surface area contributed by atoms with Crippen LogP contribution >= 0.6 is 0 Å². The summed E-state index contributed by atoms with van der Waals surface area (Å²) in [5, 5.41) is 0. The first kappa shape index (κ1) is 58.7. The molecule has 18 heteroatoms. The van der Waals surface area contributed by atoms with E-state index in [2.05, 4.69) is 108 Å². The summed E-state index contributed by atoms with van der Waals surface area (Å²) in [6, 6.07) is 16.0. The Morgan fingerprint density at radius 2 is 0.879 bits per heavy atom. The second-order valence-electron chi connectivity index (χ2n) is 23.2. The molecule has 1 unspecified atom stereocenters. The van der Waals surface area contributed by atoms with Gasteiger partial charge in [0.25, 0.3) is 0 Å². The van der Waals surface area contributed by atoms with Gasteiger partial charge in [0.2, 0.25) is 0 Å². The lowest BCUT2D eigenvalue weighted by Crippen LogP contribution is -2.55. The van der Waals surface area contributed by atoms with Gasteiger partial charge < -0.3 is 35.4 Å². The third kappa shape index (κ3) is 19.6. The monoisotopic (exact) mass is 1020 g/mol. The molecule has 2 saturated heterocycles. The van der Waals surface area contributed by atoms with Gasteiger partial charge in [-0.1, -0.05) is 6.92 Å². The Bertz CT molecular complexity index is 1780. The van der Waals surface area contributed by atoms with Gasteiger partial charge in [-0.15, -0.1) is 0 Å². The molecule has 2 heterocycles. The molecule has 66 heavy (non-hydrogen) atoms. The second-order valence-corrected chi connectivity index (χ2v) is 49.1. The van der Waals surface area contributed by atoms with Crippen LogP contribution in [0.15, 0.2) is 48.5 Å². The number of carbonyl (C=O) groups is 2. The highest BCUT2D eigenvalue weighted by molar-refractivity contribution is 6.88. The molecule has 1 atom stereocenters. The lowest BCUT2D eigenvalue weighted by molar-refractivity contribution is -0.00443. The third-order valence-electron chi connectivity index (χ3n) is 11.4. The Labute approximate surface area is 407 Å². The van der Waals surface area contributed by atoms with Crippen LogP contribution in [0.25, 0.3) is 0 Å². The molecule has 12 nitrogen and oxygen atoms in total. The summed E-state index contributed by atoms with van der Waals surface area (Å²) in [7, 11) is -11.6. The molecule has 0 N–H and O–H groups in total. The summed E-state index contributed by atoms with van der Waals surface area (Å²) in [5.74, 6) is 1.80. The van der Waals surface area contributed by atoms with Gasteiger partial charge in [0, 0.05) is 42.8 Å². The van der Waals surface area contributed by atoms with Gasteiger partial charge >= 0.3 is 17.1 Å². The number of morpholine rings is 2. The van der Waals surface area contributed by atoms with Gasteiger partial charge in [-0.05, 0) is 180 Å². The summed E-state index contributed by atoms with van der Waals surface area (Å²) >= 11 is 0. The van der Waals surface area contributed by atoms with Crippen LogP contribution in [-0.2, 0) is 25.9 Å². The molecule has 0 saturated carbocycles. The summed E-state index contributed by atoms with van der Waals surface area (Å²) < 4.78 is 49.4. The number of ketones is 2. The Hall–Kier alpha value is -1.64. The Morgan fingerprint density at radius 3 is 1.21 bits per heavy atom. The van der Waals surface area contributed by atoms with Crippen LogP contribution in [-0.4, -0.2) is 149 Å². The minimum absolute atomic E-state index is 0.122. The van der Waals surface area contributed by atoms with E-state index in [1.807, 2.05) is 76.2 Å². The fourth-order valence-corrected chi connectivity index (χ4v) is 33.2. The van der Waals surface area contributed by atoms with Crippen LogP contribution in [0.3, 0.4) is 0 Å². The maximum Gasteiger partial charge on any atom is 0.320 e. The average molecular weight is 1020 g/mol. The van der Waals surface area contributed by atoms with Gasteiger partial charge in [0.05, 0.1) is 50.7 Å². The normalized spacial score (nSPS) is 17.1. The lowest BCUT2D eigenvalue weighted by atomic mass is 9.91. The highest BCUT2D eigenvalue weighted by atomic mass is 28.5. The van der Waals surface area contributed by atoms with E-state index >= 15 is 0 Å². The highest BCUT2D eigenvalue weighted by Crippen LogP contribution is 2.33. The van der Waals surface area contributed by atoms with Crippen molar-refractivity contribution in [3.63, 3.8) is 0 Å². The van der Waals surface area contributed by atoms with E-state index in [4.69, 9.17) is 35.4 Å². The summed E-state index contributed by atoms with van der Waals surface area (Å²) in [6.07, 6.45) is 0.891. The number of hydrogen-bond donors (Lipinski definition) is 0. The minimum Gasteiger partial charge on any atom is -0.494 e. The Morgan fingerprint density at radius 1 is 0.545 bits per heavy atom. The van der Waals surface area contributed by atoms with Gasteiger partial charge in [-0.3, -0.25) is 19.4 Å². The average Bonchev–Trinajstić information content (AvgIpc) is 3.19. The largest absolute Gasteiger partial charge is 0.494 e. The molecule has 0 aromatic heterocycles. The van der Waals surface area contributed by atoms with Gasteiger partial charge in [0.1, 0.15) is 11.5 Å². The predicted molar refractivity (Wildman–Crippen MR) is 285 cm³/mol. The molecule has 2 aliphatic rings. The predicted octanol–water partition coefficient (Wildman–Crippen LogP) is 11.0. The van der Waals surface area contributed by atoms with E-state index in [1.165, 1.54) is 0 Å². The first-order valence-electron chi connectivity index (χ1n) is 24.2. The van der Waals surface area contributed by atoms with Crippen LogP contribution in [0.4, 0.5) is 0 Å². The molecule has 2 fully saturated rings. The standard InChI is InChI=1S/2C24H45NO5Si3/c1-20(33(10,29-31(4,5)6)30-32(7,8)9)19-28-22-13-11-21(12-14-22)23(26)24(2,3)25-15-17-27-18-16-25;1-24(2,25-15-18-27-19-16-25)23(26)21-11-13-22(14-12-21)28-17-10-20-33(9,29-31(3,4)5)30-32(6,7)8/h11-14,20H,15-19H2,1-10H3;11-14H,10,15-20H2,1-9H3. The Balaban J connectivity index is 0.000000350. The van der Waals surface area contributed by atoms with Crippen LogP contribution in [0.5, 0.6) is 11.5 Å². The van der Waals surface area contributed by atoms with Crippen molar-refractivity contribution in [2.45, 2.75) is 155 Å². The van der Waals surface area contributed by atoms with Crippen LogP contribution < -0.4 is 9.47 Å². The molecule has 2 aliphatic heterocycles. The number of ether oxygens (including phenoxy) is 4. The smallest absolute Gasteiger partial charge is 0.320 e. The van der Waals surface area contributed by atoms with Crippen molar-refractivity contribution in [1.29, 1.82) is 0 Å². The first-order valence-corrected chi connectivity index (χ1v) is 42.7. The van der Waals surface area contributed by atoms with Crippen LogP contribution in [0.2, 0.25) is 103 Å². The van der Waals surface area contributed by atoms with Crippen LogP contribution in [0.1, 0.15) is 61.8 Å². The summed E-state index contributed by atoms with van der Waals surface area (Å²) in [6.45, 7) is 48.2. The number of nitrogens with zero attached hydrogens (tertiary/aromatic N) is 2. The molecule has 376 valence electrons. The SMILES string of the molecule is CC(C)(C(=O)c1ccc(OCCC[Si](C)(O[Si](C)(C)C)O[Si](C)(C)C)cc1)N1CCOCC1.CC(COc1ccc(C(=O)C(C)(C)N2CCOCC2)cc1)[Si](C)(O[Si](C)(C)C)O[Si](C)(C)C. The number of Topliss-reactive ketones (excluding diaryl/α,β-unsaturated/α-hetero) is 2. The van der Waals surface area contributed by atoms with Crippen molar-refractivity contribution in [3.8, 4) is 11.5 Å². The Kier molecular flexibility index (Phi) is 21.3. The third-order valence-corrected chi connectivity index (χ3v) is 31.2. The van der Waals surface area contributed by atoms with Crippen molar-refractivity contribution >= 4 is 62.0 Å².